The Bertz CT molecular complexity index is 1310. The fourth-order valence-corrected chi connectivity index (χ4v) is 4.83. The highest BCUT2D eigenvalue weighted by molar-refractivity contribution is 7.22. The number of para-hydroxylation sites is 1. The lowest BCUT2D eigenvalue weighted by Crippen LogP contribution is -2.25. The number of carbonyl (C=O) groups excluding carboxylic acids is 1. The molecule has 2 aromatic heterocycles. The number of thiophene rings is 1. The van der Waals surface area contributed by atoms with Gasteiger partial charge in [0.1, 0.15) is 5.69 Å². The first-order chi connectivity index (χ1) is 15.0. The van der Waals surface area contributed by atoms with E-state index in [0.717, 1.165) is 38.9 Å². The first-order valence-corrected chi connectivity index (χ1v) is 10.9. The smallest absolute Gasteiger partial charge is 0.251 e. The van der Waals surface area contributed by atoms with Crippen LogP contribution < -0.4 is 10.1 Å². The molecule has 0 radical (unpaired) electrons. The van der Waals surface area contributed by atoms with Crippen molar-refractivity contribution in [3.63, 3.8) is 0 Å². The number of hydrogen-bond donors (Lipinski definition) is 1. The number of ether oxygens (including phenoxy) is 1. The van der Waals surface area contributed by atoms with Gasteiger partial charge in [-0.3, -0.25) is 4.79 Å². The van der Waals surface area contributed by atoms with Gasteiger partial charge in [0.2, 0.25) is 0 Å². The minimum Gasteiger partial charge on any atom is -0.493 e. The second kappa shape index (κ2) is 7.74. The summed E-state index contributed by atoms with van der Waals surface area (Å²) in [5.41, 5.74) is 3.84. The number of aryl methyl sites for hydroxylation is 1. The van der Waals surface area contributed by atoms with E-state index >= 15 is 0 Å². The Balaban J connectivity index is 1.61. The van der Waals surface area contributed by atoms with Gasteiger partial charge in [-0.05, 0) is 61.2 Å². The number of rotatable bonds is 5. The zero-order valence-corrected chi connectivity index (χ0v) is 17.9. The molecule has 0 unspecified atom stereocenters. The largest absolute Gasteiger partial charge is 0.493 e. The Hall–Kier alpha value is -3.32. The topological polar surface area (TPSA) is 64.1 Å². The van der Waals surface area contributed by atoms with Gasteiger partial charge < -0.3 is 10.1 Å². The molecule has 4 aromatic rings. The van der Waals surface area contributed by atoms with E-state index < -0.39 is 5.82 Å². The monoisotopic (exact) mass is 433 g/mol. The number of fused-ring (bicyclic) bond motifs is 1. The zero-order chi connectivity index (χ0) is 21.5. The molecule has 1 fully saturated rings. The zero-order valence-electron chi connectivity index (χ0n) is 17.1. The molecule has 5 rings (SSSR count). The van der Waals surface area contributed by atoms with Crippen molar-refractivity contribution in [2.24, 2.45) is 0 Å². The molecule has 1 aliphatic rings. The van der Waals surface area contributed by atoms with E-state index in [1.54, 1.807) is 29.7 Å². The summed E-state index contributed by atoms with van der Waals surface area (Å²) in [4.78, 5) is 13.5. The standard InChI is InChI=1S/C24H20FN3O2S/c1-13-6-7-14(24(29)27-16-8-9-16)10-18(13)20-11-15-12-26-28-21(23(15)31-20)17-4-3-5-19(25)22(17)30-2/h3-7,10-12,16H,8-9H2,1-2H3,(H,27,29). The van der Waals surface area contributed by atoms with Crippen LogP contribution in [0.3, 0.4) is 0 Å². The van der Waals surface area contributed by atoms with Gasteiger partial charge in [0, 0.05) is 27.4 Å². The summed E-state index contributed by atoms with van der Waals surface area (Å²) in [7, 11) is 1.44. The number of halogens is 1. The maximum atomic E-state index is 14.3. The van der Waals surface area contributed by atoms with Crippen molar-refractivity contribution in [2.45, 2.75) is 25.8 Å². The van der Waals surface area contributed by atoms with E-state index in [-0.39, 0.29) is 11.7 Å². The van der Waals surface area contributed by atoms with Crippen molar-refractivity contribution >= 4 is 27.3 Å². The van der Waals surface area contributed by atoms with Crippen molar-refractivity contribution in [2.75, 3.05) is 7.11 Å². The SMILES string of the molecule is COc1c(F)cccc1-c1nncc2cc(-c3cc(C(=O)NC4CC4)ccc3C)sc12. The fraction of sp³-hybridized carbons (Fsp3) is 0.208. The molecule has 0 atom stereocenters. The van der Waals surface area contributed by atoms with Crippen molar-refractivity contribution in [1.82, 2.24) is 15.5 Å². The lowest BCUT2D eigenvalue weighted by Gasteiger charge is -2.09. The Morgan fingerprint density at radius 3 is 2.81 bits per heavy atom. The molecule has 2 aromatic carbocycles. The third-order valence-corrected chi connectivity index (χ3v) is 6.63. The van der Waals surface area contributed by atoms with Crippen LogP contribution in [0.1, 0.15) is 28.8 Å². The first-order valence-electron chi connectivity index (χ1n) is 10.0. The lowest BCUT2D eigenvalue weighted by molar-refractivity contribution is 0.0951. The summed E-state index contributed by atoms with van der Waals surface area (Å²) in [5.74, 6) is -0.339. The van der Waals surface area contributed by atoms with Crippen LogP contribution in [0.4, 0.5) is 4.39 Å². The highest BCUT2D eigenvalue weighted by Crippen LogP contribution is 2.41. The number of carbonyl (C=O) groups is 1. The third-order valence-electron chi connectivity index (χ3n) is 5.43. The Morgan fingerprint density at radius 1 is 1.19 bits per heavy atom. The number of aromatic nitrogens is 2. The fourth-order valence-electron chi connectivity index (χ4n) is 3.62. The minimum absolute atomic E-state index is 0.0432. The summed E-state index contributed by atoms with van der Waals surface area (Å²) in [6.07, 6.45) is 3.80. The molecule has 2 heterocycles. The molecule has 1 amide bonds. The van der Waals surface area contributed by atoms with E-state index in [0.29, 0.717) is 22.9 Å². The molecular formula is C24H20FN3O2S. The summed E-state index contributed by atoms with van der Waals surface area (Å²) in [6, 6.07) is 12.9. The predicted octanol–water partition coefficient (Wildman–Crippen LogP) is 5.37. The summed E-state index contributed by atoms with van der Waals surface area (Å²) >= 11 is 1.55. The van der Waals surface area contributed by atoms with E-state index in [2.05, 4.69) is 15.5 Å². The number of methoxy groups -OCH3 is 1. The van der Waals surface area contributed by atoms with Crippen molar-refractivity contribution in [3.8, 4) is 27.4 Å². The molecule has 1 aliphatic carbocycles. The summed E-state index contributed by atoms with van der Waals surface area (Å²) < 4.78 is 20.4. The highest BCUT2D eigenvalue weighted by Gasteiger charge is 2.24. The highest BCUT2D eigenvalue weighted by atomic mass is 32.1. The number of benzene rings is 2. The van der Waals surface area contributed by atoms with Crippen LogP contribution in [0.25, 0.3) is 31.8 Å². The molecule has 1 saturated carbocycles. The van der Waals surface area contributed by atoms with Gasteiger partial charge in [-0.25, -0.2) is 4.39 Å². The van der Waals surface area contributed by atoms with Crippen molar-refractivity contribution in [1.29, 1.82) is 0 Å². The van der Waals surface area contributed by atoms with Gasteiger partial charge >= 0.3 is 0 Å². The lowest BCUT2D eigenvalue weighted by atomic mass is 10.0. The first kappa shape index (κ1) is 19.6. The molecule has 0 spiro atoms. The van der Waals surface area contributed by atoms with Crippen molar-refractivity contribution in [3.05, 3.63) is 65.6 Å². The Labute approximate surface area is 182 Å². The average Bonchev–Trinajstić information content (AvgIpc) is 3.47. The molecular weight excluding hydrogens is 413 g/mol. The molecule has 7 heteroatoms. The van der Waals surface area contributed by atoms with Gasteiger partial charge in [0.05, 0.1) is 18.0 Å². The van der Waals surface area contributed by atoms with Crippen LogP contribution in [0.5, 0.6) is 5.75 Å². The third kappa shape index (κ3) is 3.65. The van der Waals surface area contributed by atoms with E-state index in [1.807, 2.05) is 31.2 Å². The molecule has 0 aliphatic heterocycles. The van der Waals surface area contributed by atoms with Crippen LogP contribution in [-0.4, -0.2) is 29.3 Å². The van der Waals surface area contributed by atoms with Crippen LogP contribution in [0.15, 0.2) is 48.7 Å². The van der Waals surface area contributed by atoms with Gasteiger partial charge in [0.25, 0.3) is 5.91 Å². The van der Waals surface area contributed by atoms with E-state index in [4.69, 9.17) is 4.74 Å². The van der Waals surface area contributed by atoms with Gasteiger partial charge in [-0.15, -0.1) is 16.4 Å². The number of nitrogens with zero attached hydrogens (tertiary/aromatic N) is 2. The predicted molar refractivity (Wildman–Crippen MR) is 120 cm³/mol. The van der Waals surface area contributed by atoms with E-state index in [1.165, 1.54) is 13.2 Å². The summed E-state index contributed by atoms with van der Waals surface area (Å²) in [6.45, 7) is 2.02. The van der Waals surface area contributed by atoms with Crippen LogP contribution in [0.2, 0.25) is 0 Å². The summed E-state index contributed by atoms with van der Waals surface area (Å²) in [5, 5.41) is 12.4. The normalized spacial score (nSPS) is 13.4. The molecule has 5 nitrogen and oxygen atoms in total. The van der Waals surface area contributed by atoms with Crippen LogP contribution in [0, 0.1) is 12.7 Å². The molecule has 0 bridgehead atoms. The minimum atomic E-state index is -0.444. The number of nitrogens with one attached hydrogen (secondary N) is 1. The van der Waals surface area contributed by atoms with Gasteiger partial charge in [-0.2, -0.15) is 5.10 Å². The molecule has 156 valence electrons. The van der Waals surface area contributed by atoms with Crippen molar-refractivity contribution < 1.29 is 13.9 Å². The average molecular weight is 434 g/mol. The molecule has 31 heavy (non-hydrogen) atoms. The van der Waals surface area contributed by atoms with Crippen LogP contribution in [-0.2, 0) is 0 Å². The Kier molecular flexibility index (Phi) is 4.90. The second-order valence-electron chi connectivity index (χ2n) is 7.69. The second-order valence-corrected chi connectivity index (χ2v) is 8.74. The maximum Gasteiger partial charge on any atom is 0.251 e. The van der Waals surface area contributed by atoms with Gasteiger partial charge in [-0.1, -0.05) is 12.1 Å². The molecule has 0 saturated heterocycles. The molecule has 1 N–H and O–H groups in total. The number of amides is 1. The quantitative estimate of drug-likeness (QED) is 0.459. The number of hydrogen-bond acceptors (Lipinski definition) is 5. The van der Waals surface area contributed by atoms with E-state index in [9.17, 15) is 9.18 Å². The van der Waals surface area contributed by atoms with Gasteiger partial charge in [0.15, 0.2) is 11.6 Å². The maximum absolute atomic E-state index is 14.3. The van der Waals surface area contributed by atoms with Crippen LogP contribution >= 0.6 is 11.3 Å². The Morgan fingerprint density at radius 2 is 2.03 bits per heavy atom.